The Labute approximate surface area is 440 Å². The average molecular weight is 1020 g/mol. The molecule has 0 aliphatic carbocycles. The number of imidazole rings is 8. The monoisotopic (exact) mass is 1010 g/mol. The minimum atomic E-state index is 0.740. The van der Waals surface area contributed by atoms with E-state index in [2.05, 4.69) is 150 Å². The Morgan fingerprint density at radius 1 is 0.263 bits per heavy atom. The first-order valence-corrected chi connectivity index (χ1v) is 26.5. The summed E-state index contributed by atoms with van der Waals surface area (Å²) in [6, 6.07) is 13.7. The van der Waals surface area contributed by atoms with Gasteiger partial charge in [-0.1, -0.05) is 79.7 Å². The number of hydrogen-bond donors (Lipinski definition) is 0. The van der Waals surface area contributed by atoms with Gasteiger partial charge in [0.25, 0.3) is 0 Å². The van der Waals surface area contributed by atoms with Gasteiger partial charge < -0.3 is 0 Å². The molecule has 386 valence electrons. The Bertz CT molecular complexity index is 3290. The van der Waals surface area contributed by atoms with Crippen LogP contribution in [-0.4, -0.2) is 77.3 Å². The Kier molecular flexibility index (Phi) is 12.3. The third-order valence-corrected chi connectivity index (χ3v) is 14.8. The van der Waals surface area contributed by atoms with Crippen molar-refractivity contribution in [3.05, 3.63) is 182 Å². The number of benzene rings is 4. The summed E-state index contributed by atoms with van der Waals surface area (Å²) in [5.74, 6) is 0. The zero-order chi connectivity index (χ0) is 52.2. The minimum absolute atomic E-state index is 0.740. The smallest absolute Gasteiger partial charge is 0.117 e. The van der Waals surface area contributed by atoms with E-state index in [4.69, 9.17) is 39.9 Å². The first kappa shape index (κ1) is 47.8. The lowest BCUT2D eigenvalue weighted by molar-refractivity contribution is 0.562. The number of rotatable bonds is 20. The van der Waals surface area contributed by atoms with Crippen LogP contribution in [-0.2, 0) is 51.4 Å². The molecule has 0 unspecified atom stereocenters. The fourth-order valence-electron chi connectivity index (χ4n) is 10.8. The number of anilines is 4. The van der Waals surface area contributed by atoms with Crippen LogP contribution in [0.4, 0.5) is 22.7 Å². The highest BCUT2D eigenvalue weighted by molar-refractivity contribution is 6.31. The number of nitrogens with zero attached hydrogens (tertiary/aromatic N) is 20. The van der Waals surface area contributed by atoms with Gasteiger partial charge in [0, 0.05) is 32.3 Å². The molecule has 0 N–H and O–H groups in total. The highest BCUT2D eigenvalue weighted by atomic mass is 15.8. The lowest BCUT2D eigenvalue weighted by atomic mass is 9.90. The Balaban J connectivity index is 1.32. The van der Waals surface area contributed by atoms with Crippen molar-refractivity contribution < 1.29 is 0 Å². The zero-order valence-electron chi connectivity index (χ0n) is 44.3. The summed E-state index contributed by atoms with van der Waals surface area (Å²) in [7, 11) is 0. The number of aryl methyl sites for hydroxylation is 8. The average Bonchev–Trinajstić information content (AvgIpc) is 4.43. The predicted molar refractivity (Wildman–Crippen MR) is 296 cm³/mol. The van der Waals surface area contributed by atoms with Gasteiger partial charge in [0.1, 0.15) is 50.6 Å². The lowest BCUT2D eigenvalue weighted by Gasteiger charge is -2.36. The molecule has 0 saturated carbocycles. The second kappa shape index (κ2) is 19.6. The molecule has 76 heavy (non-hydrogen) atoms. The van der Waals surface area contributed by atoms with E-state index in [0.717, 1.165) is 152 Å². The molecule has 0 aliphatic rings. The highest BCUT2D eigenvalue weighted by Crippen LogP contribution is 2.50. The van der Waals surface area contributed by atoms with Crippen molar-refractivity contribution in [1.82, 2.24) is 77.3 Å². The molecule has 20 nitrogen and oxygen atoms in total. The topological polar surface area (TPSA) is 156 Å². The van der Waals surface area contributed by atoms with Crippen molar-refractivity contribution >= 4 is 55.1 Å². The van der Waals surface area contributed by atoms with Gasteiger partial charge in [-0.25, -0.2) is 77.3 Å². The molecule has 8 heterocycles. The lowest BCUT2D eigenvalue weighted by Crippen LogP contribution is -2.39. The first-order valence-electron chi connectivity index (χ1n) is 26.5. The van der Waals surface area contributed by atoms with E-state index < -0.39 is 0 Å². The van der Waals surface area contributed by atoms with Gasteiger partial charge in [-0.3, -0.25) is 0 Å². The van der Waals surface area contributed by atoms with E-state index in [9.17, 15) is 0 Å². The molecular formula is C56H62N20. The summed E-state index contributed by atoms with van der Waals surface area (Å²) in [5, 5.41) is 15.0. The molecule has 0 aliphatic heterocycles. The highest BCUT2D eigenvalue weighted by Gasteiger charge is 2.32. The van der Waals surface area contributed by atoms with Crippen molar-refractivity contribution in [2.24, 2.45) is 0 Å². The fraction of sp³-hybridized carbons (Fsp3) is 0.286. The largest absolute Gasteiger partial charge is 0.243 e. The standard InChI is InChI=1S/C56H62N20/c1-9-39-23-57-31-65(39)73(66-32-58-24-40(66)10-2)51-21-52(74(67-33-59-25-41(67)11-3)68-34-60-26-42(68)12-4)48-19-20-50-54(76(71-37-63-29-45(71)15-7)72-38-64-30-46(72)16-8)22-53(49-18-17-47(51)55(48)56(49)50)75(69-35-61-27-43(69)13-5)70-36-62-28-44(70)14-6/h17-38H,9-16H2,1-8H3. The Hall–Kier alpha value is -9.20. The molecule has 8 aromatic heterocycles. The van der Waals surface area contributed by atoms with E-state index in [-0.39, 0.29) is 0 Å². The van der Waals surface area contributed by atoms with E-state index in [1.54, 1.807) is 0 Å². The van der Waals surface area contributed by atoms with Gasteiger partial charge in [0.05, 0.1) is 118 Å². The maximum absolute atomic E-state index is 4.78. The molecule has 4 aromatic carbocycles. The number of hydrogen-bond acceptors (Lipinski definition) is 12. The molecule has 0 bridgehead atoms. The molecule has 20 heteroatoms. The normalized spacial score (nSPS) is 11.8. The summed E-state index contributed by atoms with van der Waals surface area (Å²) in [6.07, 6.45) is 36.7. The summed E-state index contributed by atoms with van der Waals surface area (Å²) >= 11 is 0. The summed E-state index contributed by atoms with van der Waals surface area (Å²) in [5.41, 5.74) is 11.8. The molecule has 0 spiro atoms. The minimum Gasteiger partial charge on any atom is -0.243 e. The number of aromatic nitrogens is 16. The van der Waals surface area contributed by atoms with Crippen LogP contribution in [0.15, 0.2) is 137 Å². The van der Waals surface area contributed by atoms with Gasteiger partial charge in [-0.15, -0.1) is 0 Å². The third-order valence-electron chi connectivity index (χ3n) is 14.8. The fourth-order valence-corrected chi connectivity index (χ4v) is 10.8. The summed E-state index contributed by atoms with van der Waals surface area (Å²) < 4.78 is 17.2. The van der Waals surface area contributed by atoms with Crippen LogP contribution in [0, 0.1) is 0 Å². The molecule has 12 rings (SSSR count). The second-order valence-corrected chi connectivity index (χ2v) is 18.7. The molecule has 0 fully saturated rings. The van der Waals surface area contributed by atoms with Gasteiger partial charge in [-0.2, -0.15) is 20.5 Å². The Morgan fingerprint density at radius 3 is 0.566 bits per heavy atom. The van der Waals surface area contributed by atoms with E-state index in [1.165, 1.54) is 0 Å². The van der Waals surface area contributed by atoms with Crippen LogP contribution in [0.25, 0.3) is 32.3 Å². The first-order chi connectivity index (χ1) is 37.4. The SMILES string of the molecule is CCc1cncn1N(c1cc(N(n2cncc2CC)n2cncc2CC)c2ccc3c(N(n4cncc4CC)n4cncc4CC)cc(N(n4cncc4CC)n4cncc4CC)c4ccc1c2c43)n1cncc1CC. The van der Waals surface area contributed by atoms with E-state index in [0.29, 0.717) is 0 Å². The van der Waals surface area contributed by atoms with Crippen molar-refractivity contribution in [3.8, 4) is 0 Å². The van der Waals surface area contributed by atoms with E-state index in [1.807, 2.05) is 100 Å². The second-order valence-electron chi connectivity index (χ2n) is 18.7. The van der Waals surface area contributed by atoms with Gasteiger partial charge in [0.15, 0.2) is 0 Å². The van der Waals surface area contributed by atoms with Crippen LogP contribution in [0.5, 0.6) is 0 Å². The molecule has 12 aromatic rings. The van der Waals surface area contributed by atoms with Gasteiger partial charge >= 0.3 is 0 Å². The maximum atomic E-state index is 4.78. The van der Waals surface area contributed by atoms with Crippen molar-refractivity contribution in [3.63, 3.8) is 0 Å². The zero-order valence-corrected chi connectivity index (χ0v) is 44.3. The van der Waals surface area contributed by atoms with Crippen LogP contribution in [0.3, 0.4) is 0 Å². The van der Waals surface area contributed by atoms with Crippen LogP contribution < -0.4 is 20.5 Å². The predicted octanol–water partition coefficient (Wildman–Crippen LogP) is 9.59. The quantitative estimate of drug-likeness (QED) is 0.0668. The van der Waals surface area contributed by atoms with Crippen molar-refractivity contribution in [2.75, 3.05) is 20.5 Å². The maximum Gasteiger partial charge on any atom is 0.117 e. The van der Waals surface area contributed by atoms with Crippen LogP contribution >= 0.6 is 0 Å². The van der Waals surface area contributed by atoms with Crippen molar-refractivity contribution in [2.45, 2.75) is 107 Å². The van der Waals surface area contributed by atoms with Crippen LogP contribution in [0.2, 0.25) is 0 Å². The molecule has 0 atom stereocenters. The molecule has 0 saturated heterocycles. The van der Waals surface area contributed by atoms with Crippen molar-refractivity contribution in [1.29, 1.82) is 0 Å². The summed E-state index contributed by atoms with van der Waals surface area (Å²) in [6.45, 7) is 17.3. The van der Waals surface area contributed by atoms with Crippen LogP contribution in [0.1, 0.15) is 101 Å². The molecule has 0 amide bonds. The van der Waals surface area contributed by atoms with Gasteiger partial charge in [-0.05, 0) is 63.5 Å². The molecular weight excluding hydrogens is 953 g/mol. The Morgan fingerprint density at radius 2 is 0.421 bits per heavy atom. The third kappa shape index (κ3) is 7.40. The van der Waals surface area contributed by atoms with E-state index >= 15 is 0 Å². The van der Waals surface area contributed by atoms with Gasteiger partial charge in [0.2, 0.25) is 0 Å². The molecule has 0 radical (unpaired) electrons. The summed E-state index contributed by atoms with van der Waals surface area (Å²) in [4.78, 5) is 38.2.